The quantitative estimate of drug-likeness (QED) is 0.447. The van der Waals surface area contributed by atoms with Gasteiger partial charge in [-0.2, -0.15) is 0 Å². The molecule has 0 spiro atoms. The molecular weight excluding hydrogens is 187 g/mol. The fourth-order valence-electron chi connectivity index (χ4n) is 0. The normalized spacial score (nSPS) is 0. The first-order valence-corrected chi connectivity index (χ1v) is 0. The van der Waals surface area contributed by atoms with Crippen LogP contribution in [0.3, 0.4) is 0 Å². The predicted octanol–water partition coefficient (Wildman–Crippen LogP) is -0.742. The van der Waals surface area contributed by atoms with Crippen molar-refractivity contribution < 1.29 is 50.3 Å². The Morgan fingerprint density at radius 1 is 0.667 bits per heavy atom. The zero-order valence-electron chi connectivity index (χ0n) is 2.62. The van der Waals surface area contributed by atoms with E-state index in [2.05, 4.69) is 0 Å². The van der Waals surface area contributed by atoms with Gasteiger partial charge in [0.1, 0.15) is 0 Å². The summed E-state index contributed by atoms with van der Waals surface area (Å²) in [5.74, 6) is 0. The summed E-state index contributed by atoms with van der Waals surface area (Å²) in [5, 5.41) is 0. The fraction of sp³-hybridized carbons (Fsp3) is 0. The van der Waals surface area contributed by atoms with E-state index in [0.717, 1.165) is 0 Å². The summed E-state index contributed by atoms with van der Waals surface area (Å²) in [5.41, 5.74) is 0. The van der Waals surface area contributed by atoms with Crippen molar-refractivity contribution in [3.05, 3.63) is 0 Å². The van der Waals surface area contributed by atoms with Crippen molar-refractivity contribution >= 4 is 23.1 Å². The van der Waals surface area contributed by atoms with Gasteiger partial charge in [-0.15, -0.1) is 0 Å². The van der Waals surface area contributed by atoms with Gasteiger partial charge in [0, 0.05) is 0 Å². The smallest absolute Gasteiger partial charge is 2.00 e. The van der Waals surface area contributed by atoms with Gasteiger partial charge in [0.25, 0.3) is 0 Å². The summed E-state index contributed by atoms with van der Waals surface area (Å²) in [7, 11) is 0. The molecule has 0 atom stereocenters. The van der Waals surface area contributed by atoms with E-state index in [4.69, 9.17) is 0 Å². The van der Waals surface area contributed by atoms with Crippen molar-refractivity contribution in [2.45, 2.75) is 0 Å². The minimum Gasteiger partial charge on any atom is -2.00 e. The van der Waals surface area contributed by atoms with Crippen molar-refractivity contribution in [3.63, 3.8) is 0 Å². The molecule has 0 unspecified atom stereocenters. The van der Waals surface area contributed by atoms with Gasteiger partial charge < -0.3 is 16.4 Å². The summed E-state index contributed by atoms with van der Waals surface area (Å²) >= 11 is 0. The second-order valence-corrected chi connectivity index (χ2v) is 0. The Bertz CT molecular complexity index is 10.8. The second-order valence-electron chi connectivity index (χ2n) is 0. The molecular formula is CoFeMgO3. The first-order chi connectivity index (χ1) is 0. The Kier molecular flexibility index (Phi) is 1560. The van der Waals surface area contributed by atoms with Crippen molar-refractivity contribution in [1.29, 1.82) is 0 Å². The molecule has 6 heteroatoms. The third-order valence-electron chi connectivity index (χ3n) is 0. The summed E-state index contributed by atoms with van der Waals surface area (Å²) in [6, 6.07) is 0. The van der Waals surface area contributed by atoms with Crippen LogP contribution in [-0.2, 0) is 50.3 Å². The maximum atomic E-state index is 0. The molecule has 0 aliphatic heterocycles. The average Bonchev–Trinajstić information content (AvgIpc) is 0. The van der Waals surface area contributed by atoms with E-state index in [0.29, 0.717) is 0 Å². The largest absolute Gasteiger partial charge is 2.00 e. The van der Waals surface area contributed by atoms with Crippen LogP contribution in [0.5, 0.6) is 0 Å². The van der Waals surface area contributed by atoms with Gasteiger partial charge in [-0.3, -0.25) is 0 Å². The molecule has 0 aliphatic rings. The van der Waals surface area contributed by atoms with Crippen molar-refractivity contribution in [2.75, 3.05) is 0 Å². The van der Waals surface area contributed by atoms with E-state index < -0.39 is 0 Å². The molecule has 0 bridgehead atoms. The summed E-state index contributed by atoms with van der Waals surface area (Å²) < 4.78 is 0. The summed E-state index contributed by atoms with van der Waals surface area (Å²) in [6.45, 7) is 0. The fourth-order valence-corrected chi connectivity index (χ4v) is 0. The number of hydrogen-bond acceptors (Lipinski definition) is 0. The van der Waals surface area contributed by atoms with Gasteiger partial charge in [0.05, 0.1) is 0 Å². The molecule has 0 aliphatic carbocycles. The maximum Gasteiger partial charge on any atom is 2.00 e. The summed E-state index contributed by atoms with van der Waals surface area (Å²) in [4.78, 5) is 0. The molecule has 1 radical (unpaired) electrons. The van der Waals surface area contributed by atoms with Gasteiger partial charge in [-0.1, -0.05) is 0 Å². The van der Waals surface area contributed by atoms with Crippen molar-refractivity contribution in [1.82, 2.24) is 0 Å². The van der Waals surface area contributed by atoms with Crippen LogP contribution in [0.2, 0.25) is 0 Å². The standard InChI is InChI=1S/Co.Fe.Mg.3O/q3*+2;3*-2. The van der Waals surface area contributed by atoms with Crippen LogP contribution in [0.25, 0.3) is 0 Å². The molecule has 0 aromatic heterocycles. The molecule has 0 aromatic rings. The maximum absolute atomic E-state index is 0. The van der Waals surface area contributed by atoms with Crippen molar-refractivity contribution in [3.8, 4) is 0 Å². The van der Waals surface area contributed by atoms with Crippen LogP contribution in [0.1, 0.15) is 0 Å². The molecule has 0 aromatic carbocycles. The predicted molar refractivity (Wildman–Crippen MR) is 7.81 cm³/mol. The Hall–Kier alpha value is 1.67. The molecule has 0 fully saturated rings. The van der Waals surface area contributed by atoms with Crippen LogP contribution < -0.4 is 0 Å². The average molecular weight is 187 g/mol. The first kappa shape index (κ1) is 122. The van der Waals surface area contributed by atoms with E-state index in [1.54, 1.807) is 0 Å². The van der Waals surface area contributed by atoms with E-state index in [-0.39, 0.29) is 73.3 Å². The molecule has 0 N–H and O–H groups in total. The zero-order chi connectivity index (χ0) is 0. The number of rotatable bonds is 0. The molecule has 0 saturated carbocycles. The van der Waals surface area contributed by atoms with Crippen LogP contribution in [0.15, 0.2) is 0 Å². The van der Waals surface area contributed by atoms with E-state index in [1.165, 1.54) is 0 Å². The molecule has 0 amide bonds. The molecule has 0 saturated heterocycles. The van der Waals surface area contributed by atoms with Crippen LogP contribution in [0.4, 0.5) is 0 Å². The molecule has 0 heterocycles. The topological polar surface area (TPSA) is 85.5 Å². The SMILES string of the molecule is [Co+2].[Fe+2].[Mg+2].[O-2].[O-2].[O-2]. The molecule has 0 rings (SSSR count). The van der Waals surface area contributed by atoms with Gasteiger partial charge in [0.2, 0.25) is 0 Å². The van der Waals surface area contributed by atoms with Crippen molar-refractivity contribution in [2.24, 2.45) is 0 Å². The van der Waals surface area contributed by atoms with E-state index in [9.17, 15) is 0 Å². The van der Waals surface area contributed by atoms with Crippen LogP contribution >= 0.6 is 0 Å². The third-order valence-corrected chi connectivity index (χ3v) is 0. The van der Waals surface area contributed by atoms with Crippen LogP contribution in [-0.4, -0.2) is 23.1 Å². The molecule has 6 heavy (non-hydrogen) atoms. The first-order valence-electron chi connectivity index (χ1n) is 0. The second kappa shape index (κ2) is 76.8. The minimum atomic E-state index is 0. The zero-order valence-corrected chi connectivity index (χ0v) is 6.18. The van der Waals surface area contributed by atoms with Gasteiger partial charge in [0.15, 0.2) is 0 Å². The minimum absolute atomic E-state index is 0. The van der Waals surface area contributed by atoms with E-state index in [1.807, 2.05) is 0 Å². The molecule has 3 nitrogen and oxygen atoms in total. The van der Waals surface area contributed by atoms with Gasteiger partial charge >= 0.3 is 56.9 Å². The Labute approximate surface area is 73.0 Å². The van der Waals surface area contributed by atoms with Crippen LogP contribution in [0, 0.1) is 0 Å². The molecule has 37 valence electrons. The Balaban J connectivity index is 0. The monoisotopic (exact) mass is 187 g/mol. The Morgan fingerprint density at radius 3 is 0.667 bits per heavy atom. The van der Waals surface area contributed by atoms with Gasteiger partial charge in [-0.25, -0.2) is 0 Å². The third kappa shape index (κ3) is 44.3. The van der Waals surface area contributed by atoms with Gasteiger partial charge in [-0.05, 0) is 0 Å². The van der Waals surface area contributed by atoms with E-state index >= 15 is 0 Å². The summed E-state index contributed by atoms with van der Waals surface area (Å²) in [6.07, 6.45) is 0. The Morgan fingerprint density at radius 2 is 0.667 bits per heavy atom. The number of hydrogen-bond donors (Lipinski definition) is 0.